The highest BCUT2D eigenvalue weighted by Gasteiger charge is 2.09. The maximum Gasteiger partial charge on any atom is 0.0930 e. The van der Waals surface area contributed by atoms with Crippen LogP contribution in [0.25, 0.3) is 0 Å². The smallest absolute Gasteiger partial charge is 0.0930 e. The lowest BCUT2D eigenvalue weighted by Gasteiger charge is -2.13. The molecule has 0 bridgehead atoms. The molecule has 0 fully saturated rings. The van der Waals surface area contributed by atoms with Gasteiger partial charge in [0.15, 0.2) is 0 Å². The van der Waals surface area contributed by atoms with E-state index in [0.717, 1.165) is 10.6 Å². The molecule has 0 aromatic heterocycles. The van der Waals surface area contributed by atoms with Crippen molar-refractivity contribution in [1.82, 2.24) is 0 Å². The first-order chi connectivity index (χ1) is 7.92. The zero-order chi connectivity index (χ0) is 12.9. The average molecular weight is 251 g/mol. The molecule has 0 aliphatic rings. The highest BCUT2D eigenvalue weighted by atomic mass is 35.5. The molecule has 2 heteroatoms. The molecule has 0 saturated carbocycles. The third kappa shape index (κ3) is 5.26. The van der Waals surface area contributed by atoms with Gasteiger partial charge in [0.25, 0.3) is 0 Å². The SMILES string of the molecule is COC(CC#CC(C)(C)C)c1ccc(Cl)cc1. The van der Waals surface area contributed by atoms with Crippen LogP contribution in [0.4, 0.5) is 0 Å². The Morgan fingerprint density at radius 1 is 1.24 bits per heavy atom. The monoisotopic (exact) mass is 250 g/mol. The van der Waals surface area contributed by atoms with E-state index in [1.807, 2.05) is 24.3 Å². The molecule has 1 rings (SSSR count). The van der Waals surface area contributed by atoms with Gasteiger partial charge in [-0.1, -0.05) is 35.6 Å². The Kier molecular flexibility index (Phi) is 5.05. The van der Waals surface area contributed by atoms with E-state index in [4.69, 9.17) is 16.3 Å². The van der Waals surface area contributed by atoms with Gasteiger partial charge in [0, 0.05) is 24.0 Å². The van der Waals surface area contributed by atoms with Crippen LogP contribution in [0.15, 0.2) is 24.3 Å². The minimum absolute atomic E-state index is 0.0158. The second kappa shape index (κ2) is 6.10. The van der Waals surface area contributed by atoms with E-state index in [1.54, 1.807) is 7.11 Å². The standard InChI is InChI=1S/C15H19ClO/c1-15(2,3)11-5-6-14(17-4)12-7-9-13(16)10-8-12/h7-10,14H,6H2,1-4H3. The summed E-state index contributed by atoms with van der Waals surface area (Å²) in [5, 5.41) is 0.740. The fourth-order valence-electron chi connectivity index (χ4n) is 1.42. The van der Waals surface area contributed by atoms with Crippen LogP contribution in [0, 0.1) is 17.3 Å². The molecule has 0 amide bonds. The van der Waals surface area contributed by atoms with E-state index < -0.39 is 0 Å². The van der Waals surface area contributed by atoms with Crippen molar-refractivity contribution in [2.24, 2.45) is 5.41 Å². The second-order valence-electron chi connectivity index (χ2n) is 5.03. The summed E-state index contributed by atoms with van der Waals surface area (Å²) in [6.07, 6.45) is 0.720. The predicted octanol–water partition coefficient (Wildman–Crippen LogP) is 4.47. The maximum absolute atomic E-state index is 5.85. The largest absolute Gasteiger partial charge is 0.376 e. The summed E-state index contributed by atoms with van der Waals surface area (Å²) in [6, 6.07) is 7.71. The van der Waals surface area contributed by atoms with Gasteiger partial charge in [-0.05, 0) is 38.5 Å². The minimum Gasteiger partial charge on any atom is -0.376 e. The summed E-state index contributed by atoms with van der Waals surface area (Å²) < 4.78 is 5.45. The minimum atomic E-state index is 0.0158. The summed E-state index contributed by atoms with van der Waals surface area (Å²) in [6.45, 7) is 6.30. The molecular formula is C15H19ClO. The van der Waals surface area contributed by atoms with Crippen LogP contribution in [-0.4, -0.2) is 7.11 Å². The Hall–Kier alpha value is -0.970. The van der Waals surface area contributed by atoms with Crippen LogP contribution in [0.2, 0.25) is 5.02 Å². The lowest BCUT2D eigenvalue weighted by Crippen LogP contribution is -2.02. The van der Waals surface area contributed by atoms with Crippen LogP contribution >= 0.6 is 11.6 Å². The van der Waals surface area contributed by atoms with E-state index in [9.17, 15) is 0 Å². The van der Waals surface area contributed by atoms with Gasteiger partial charge >= 0.3 is 0 Å². The molecule has 17 heavy (non-hydrogen) atoms. The van der Waals surface area contributed by atoms with Crippen LogP contribution in [-0.2, 0) is 4.74 Å². The first-order valence-electron chi connectivity index (χ1n) is 5.70. The molecule has 0 heterocycles. The zero-order valence-electron chi connectivity index (χ0n) is 10.9. The topological polar surface area (TPSA) is 9.23 Å². The van der Waals surface area contributed by atoms with Gasteiger partial charge in [0.05, 0.1) is 6.10 Å². The Morgan fingerprint density at radius 3 is 2.29 bits per heavy atom. The molecule has 0 aliphatic heterocycles. The number of methoxy groups -OCH3 is 1. The van der Waals surface area contributed by atoms with E-state index in [-0.39, 0.29) is 11.5 Å². The lowest BCUT2D eigenvalue weighted by molar-refractivity contribution is 0.108. The number of rotatable bonds is 3. The number of hydrogen-bond acceptors (Lipinski definition) is 1. The van der Waals surface area contributed by atoms with Gasteiger partial charge in [-0.15, -0.1) is 0 Å². The van der Waals surface area contributed by atoms with Gasteiger partial charge < -0.3 is 4.74 Å². The van der Waals surface area contributed by atoms with Gasteiger partial charge in [-0.3, -0.25) is 0 Å². The van der Waals surface area contributed by atoms with Crippen molar-refractivity contribution in [2.75, 3.05) is 7.11 Å². The molecule has 92 valence electrons. The molecular weight excluding hydrogens is 232 g/mol. The number of ether oxygens (including phenoxy) is 1. The fourth-order valence-corrected chi connectivity index (χ4v) is 1.55. The van der Waals surface area contributed by atoms with Crippen molar-refractivity contribution in [1.29, 1.82) is 0 Å². The van der Waals surface area contributed by atoms with E-state index >= 15 is 0 Å². The van der Waals surface area contributed by atoms with E-state index in [0.29, 0.717) is 6.42 Å². The van der Waals surface area contributed by atoms with Crippen molar-refractivity contribution >= 4 is 11.6 Å². The van der Waals surface area contributed by atoms with Crippen LogP contribution in [0.5, 0.6) is 0 Å². The first kappa shape index (κ1) is 14.1. The second-order valence-corrected chi connectivity index (χ2v) is 5.47. The molecule has 0 spiro atoms. The van der Waals surface area contributed by atoms with Crippen molar-refractivity contribution in [2.45, 2.75) is 33.3 Å². The molecule has 0 radical (unpaired) electrons. The van der Waals surface area contributed by atoms with Gasteiger partial charge in [0.2, 0.25) is 0 Å². The van der Waals surface area contributed by atoms with Crippen molar-refractivity contribution in [3.63, 3.8) is 0 Å². The molecule has 1 aromatic rings. The quantitative estimate of drug-likeness (QED) is 0.720. The third-order valence-electron chi connectivity index (χ3n) is 2.28. The Morgan fingerprint density at radius 2 is 1.82 bits per heavy atom. The summed E-state index contributed by atoms with van der Waals surface area (Å²) >= 11 is 5.85. The molecule has 0 N–H and O–H groups in total. The fraction of sp³-hybridized carbons (Fsp3) is 0.467. The highest BCUT2D eigenvalue weighted by molar-refractivity contribution is 6.30. The van der Waals surface area contributed by atoms with Crippen molar-refractivity contribution < 1.29 is 4.74 Å². The van der Waals surface area contributed by atoms with Gasteiger partial charge in [-0.2, -0.15) is 0 Å². The first-order valence-corrected chi connectivity index (χ1v) is 6.08. The average Bonchev–Trinajstić information content (AvgIpc) is 2.24. The van der Waals surface area contributed by atoms with Gasteiger partial charge in [0.1, 0.15) is 0 Å². The molecule has 0 saturated heterocycles. The van der Waals surface area contributed by atoms with Crippen LogP contribution in [0.3, 0.4) is 0 Å². The zero-order valence-corrected chi connectivity index (χ0v) is 11.6. The van der Waals surface area contributed by atoms with E-state index in [1.165, 1.54) is 0 Å². The Bertz CT molecular complexity index is 403. The molecule has 1 unspecified atom stereocenters. The number of hydrogen-bond donors (Lipinski definition) is 0. The van der Waals surface area contributed by atoms with Gasteiger partial charge in [-0.25, -0.2) is 0 Å². The van der Waals surface area contributed by atoms with Crippen LogP contribution < -0.4 is 0 Å². The third-order valence-corrected chi connectivity index (χ3v) is 2.53. The Balaban J connectivity index is 2.72. The maximum atomic E-state index is 5.85. The highest BCUT2D eigenvalue weighted by Crippen LogP contribution is 2.22. The summed E-state index contributed by atoms with van der Waals surface area (Å²) in [5.74, 6) is 6.39. The number of benzene rings is 1. The lowest BCUT2D eigenvalue weighted by atomic mass is 9.97. The van der Waals surface area contributed by atoms with Crippen molar-refractivity contribution in [3.8, 4) is 11.8 Å². The number of halogens is 1. The Labute approximate surface area is 109 Å². The summed E-state index contributed by atoms with van der Waals surface area (Å²) in [4.78, 5) is 0. The molecule has 1 nitrogen and oxygen atoms in total. The normalized spacial score (nSPS) is 12.8. The molecule has 0 aliphatic carbocycles. The summed E-state index contributed by atoms with van der Waals surface area (Å²) in [7, 11) is 1.71. The van der Waals surface area contributed by atoms with E-state index in [2.05, 4.69) is 32.6 Å². The molecule has 1 atom stereocenters. The van der Waals surface area contributed by atoms with Crippen LogP contribution in [0.1, 0.15) is 38.9 Å². The molecule has 1 aromatic carbocycles. The van der Waals surface area contributed by atoms with Crippen molar-refractivity contribution in [3.05, 3.63) is 34.9 Å². The predicted molar refractivity (Wildman–Crippen MR) is 73.1 cm³/mol. The summed E-state index contributed by atoms with van der Waals surface area (Å²) in [5.41, 5.74) is 1.15.